The molecule has 22 heavy (non-hydrogen) atoms. The van der Waals surface area contributed by atoms with Crippen molar-refractivity contribution >= 4 is 6.09 Å². The van der Waals surface area contributed by atoms with Gasteiger partial charge in [-0.1, -0.05) is 48.5 Å². The Bertz CT molecular complexity index is 601. The number of amides is 1. The number of rotatable bonds is 6. The first kappa shape index (κ1) is 15.9. The molecule has 0 spiro atoms. The number of hydrogen-bond donors (Lipinski definition) is 2. The van der Waals surface area contributed by atoms with E-state index in [9.17, 15) is 9.90 Å². The Balaban J connectivity index is 1.96. The summed E-state index contributed by atoms with van der Waals surface area (Å²) in [5, 5.41) is 12.1. The molecule has 2 aromatic rings. The summed E-state index contributed by atoms with van der Waals surface area (Å²) < 4.78 is 10.4. The highest BCUT2D eigenvalue weighted by atomic mass is 16.5. The van der Waals surface area contributed by atoms with E-state index < -0.39 is 12.1 Å². The fraction of sp³-hybridized carbons (Fsp3) is 0.235. The maximum absolute atomic E-state index is 11.9. The number of benzene rings is 2. The van der Waals surface area contributed by atoms with Gasteiger partial charge < -0.3 is 19.9 Å². The zero-order valence-corrected chi connectivity index (χ0v) is 12.4. The van der Waals surface area contributed by atoms with Gasteiger partial charge in [0.2, 0.25) is 0 Å². The molecule has 0 aliphatic rings. The molecule has 0 fully saturated rings. The van der Waals surface area contributed by atoms with E-state index in [-0.39, 0.29) is 13.2 Å². The zero-order valence-electron chi connectivity index (χ0n) is 12.4. The van der Waals surface area contributed by atoms with Crippen LogP contribution in [0.3, 0.4) is 0 Å². The van der Waals surface area contributed by atoms with Crippen molar-refractivity contribution in [2.45, 2.75) is 12.6 Å². The lowest BCUT2D eigenvalue weighted by Gasteiger charge is -2.19. The second kappa shape index (κ2) is 8.05. The molecule has 0 heterocycles. The summed E-state index contributed by atoms with van der Waals surface area (Å²) >= 11 is 0. The summed E-state index contributed by atoms with van der Waals surface area (Å²) in [4.78, 5) is 11.9. The van der Waals surface area contributed by atoms with Crippen molar-refractivity contribution < 1.29 is 19.4 Å². The first-order chi connectivity index (χ1) is 10.7. The number of nitrogens with one attached hydrogen (secondary N) is 1. The van der Waals surface area contributed by atoms with Crippen LogP contribution in [0.1, 0.15) is 17.2 Å². The predicted octanol–water partition coefficient (Wildman–Crippen LogP) is 2.66. The molecule has 0 radical (unpaired) electrons. The number of aliphatic hydroxyl groups is 1. The van der Waals surface area contributed by atoms with Gasteiger partial charge in [-0.25, -0.2) is 4.79 Å². The average Bonchev–Trinajstić information content (AvgIpc) is 2.58. The Labute approximate surface area is 129 Å². The van der Waals surface area contributed by atoms with Crippen LogP contribution >= 0.6 is 0 Å². The van der Waals surface area contributed by atoms with Crippen LogP contribution in [0.15, 0.2) is 54.6 Å². The quantitative estimate of drug-likeness (QED) is 0.860. The van der Waals surface area contributed by atoms with Crippen molar-refractivity contribution in [1.82, 2.24) is 5.32 Å². The molecular weight excluding hydrogens is 282 g/mol. The first-order valence-electron chi connectivity index (χ1n) is 6.95. The molecule has 2 N–H and O–H groups in total. The van der Waals surface area contributed by atoms with Crippen molar-refractivity contribution in [3.8, 4) is 5.75 Å². The van der Waals surface area contributed by atoms with E-state index in [1.807, 2.05) is 42.5 Å². The van der Waals surface area contributed by atoms with Crippen LogP contribution in [-0.2, 0) is 11.3 Å². The molecule has 0 saturated carbocycles. The minimum absolute atomic E-state index is 0.177. The minimum atomic E-state index is -0.589. The third-order valence-corrected chi connectivity index (χ3v) is 3.20. The van der Waals surface area contributed by atoms with Crippen molar-refractivity contribution in [1.29, 1.82) is 0 Å². The molecule has 5 nitrogen and oxygen atoms in total. The Morgan fingerprint density at radius 1 is 1.14 bits per heavy atom. The smallest absolute Gasteiger partial charge is 0.408 e. The van der Waals surface area contributed by atoms with Crippen LogP contribution in [0, 0.1) is 0 Å². The summed E-state index contributed by atoms with van der Waals surface area (Å²) in [6, 6.07) is 16.0. The molecular formula is C17H19NO4. The molecule has 5 heteroatoms. The van der Waals surface area contributed by atoms with E-state index in [2.05, 4.69) is 5.32 Å². The third-order valence-electron chi connectivity index (χ3n) is 3.20. The molecule has 0 aliphatic carbocycles. The van der Waals surface area contributed by atoms with Gasteiger partial charge in [-0.2, -0.15) is 0 Å². The van der Waals surface area contributed by atoms with Crippen molar-refractivity contribution in [2.24, 2.45) is 0 Å². The van der Waals surface area contributed by atoms with Crippen molar-refractivity contribution in [3.63, 3.8) is 0 Å². The largest absolute Gasteiger partial charge is 0.496 e. The van der Waals surface area contributed by atoms with Crippen LogP contribution < -0.4 is 10.1 Å². The van der Waals surface area contributed by atoms with E-state index in [0.29, 0.717) is 11.3 Å². The highest BCUT2D eigenvalue weighted by molar-refractivity contribution is 5.68. The normalized spacial score (nSPS) is 11.5. The van der Waals surface area contributed by atoms with Gasteiger partial charge in [0, 0.05) is 5.56 Å². The molecule has 1 unspecified atom stereocenters. The molecule has 116 valence electrons. The number of alkyl carbamates (subject to hydrolysis) is 1. The topological polar surface area (TPSA) is 67.8 Å². The van der Waals surface area contributed by atoms with Gasteiger partial charge in [0.25, 0.3) is 0 Å². The fourth-order valence-corrected chi connectivity index (χ4v) is 2.08. The summed E-state index contributed by atoms with van der Waals surface area (Å²) in [7, 11) is 1.54. The molecule has 2 aromatic carbocycles. The van der Waals surface area contributed by atoms with Crippen LogP contribution in [0.25, 0.3) is 0 Å². The van der Waals surface area contributed by atoms with Gasteiger partial charge in [0.05, 0.1) is 19.8 Å². The number of aliphatic hydroxyl groups excluding tert-OH is 1. The standard InChI is InChI=1S/C17H19NO4/c1-21-16-10-6-5-9-14(16)15(11-19)18-17(20)22-12-13-7-3-2-4-8-13/h2-10,15,19H,11-12H2,1H3,(H,18,20). The lowest BCUT2D eigenvalue weighted by molar-refractivity contribution is 0.129. The molecule has 0 aromatic heterocycles. The van der Waals surface area contributed by atoms with Gasteiger partial charge in [-0.05, 0) is 11.6 Å². The van der Waals surface area contributed by atoms with Crippen LogP contribution in [0.2, 0.25) is 0 Å². The number of para-hydroxylation sites is 1. The molecule has 0 saturated heterocycles. The lowest BCUT2D eigenvalue weighted by atomic mass is 10.1. The van der Waals surface area contributed by atoms with Crippen molar-refractivity contribution in [2.75, 3.05) is 13.7 Å². The molecule has 1 amide bonds. The number of ether oxygens (including phenoxy) is 2. The maximum atomic E-state index is 11.9. The van der Waals surface area contributed by atoms with E-state index in [0.717, 1.165) is 5.56 Å². The van der Waals surface area contributed by atoms with E-state index >= 15 is 0 Å². The first-order valence-corrected chi connectivity index (χ1v) is 6.95. The van der Waals surface area contributed by atoms with Crippen LogP contribution in [0.5, 0.6) is 5.75 Å². The van der Waals surface area contributed by atoms with Gasteiger partial charge in [-0.15, -0.1) is 0 Å². The third kappa shape index (κ3) is 4.23. The molecule has 1 atom stereocenters. The Morgan fingerprint density at radius 2 is 1.82 bits per heavy atom. The highest BCUT2D eigenvalue weighted by Crippen LogP contribution is 2.24. The Kier molecular flexibility index (Phi) is 5.80. The second-order valence-corrected chi connectivity index (χ2v) is 4.68. The van der Waals surface area contributed by atoms with Crippen LogP contribution in [-0.4, -0.2) is 24.9 Å². The molecule has 2 rings (SSSR count). The van der Waals surface area contributed by atoms with Gasteiger partial charge in [-0.3, -0.25) is 0 Å². The van der Waals surface area contributed by atoms with Gasteiger partial charge in [0.1, 0.15) is 12.4 Å². The fourth-order valence-electron chi connectivity index (χ4n) is 2.08. The van der Waals surface area contributed by atoms with E-state index in [1.165, 1.54) is 0 Å². The average molecular weight is 301 g/mol. The minimum Gasteiger partial charge on any atom is -0.496 e. The number of methoxy groups -OCH3 is 1. The maximum Gasteiger partial charge on any atom is 0.408 e. The lowest BCUT2D eigenvalue weighted by Crippen LogP contribution is -2.31. The summed E-state index contributed by atoms with van der Waals surface area (Å²) in [6.07, 6.45) is -0.589. The Morgan fingerprint density at radius 3 is 2.50 bits per heavy atom. The van der Waals surface area contributed by atoms with E-state index in [4.69, 9.17) is 9.47 Å². The predicted molar refractivity (Wildman–Crippen MR) is 82.6 cm³/mol. The number of carbonyl (C=O) groups excluding carboxylic acids is 1. The monoisotopic (exact) mass is 301 g/mol. The zero-order chi connectivity index (χ0) is 15.8. The Hall–Kier alpha value is -2.53. The van der Waals surface area contributed by atoms with Gasteiger partial charge >= 0.3 is 6.09 Å². The summed E-state index contributed by atoms with van der Waals surface area (Å²) in [6.45, 7) is -0.0719. The highest BCUT2D eigenvalue weighted by Gasteiger charge is 2.18. The number of hydrogen-bond acceptors (Lipinski definition) is 4. The second-order valence-electron chi connectivity index (χ2n) is 4.68. The van der Waals surface area contributed by atoms with Crippen LogP contribution in [0.4, 0.5) is 4.79 Å². The SMILES string of the molecule is COc1ccccc1C(CO)NC(=O)OCc1ccccc1. The van der Waals surface area contributed by atoms with Gasteiger partial charge in [0.15, 0.2) is 0 Å². The molecule has 0 bridgehead atoms. The number of carbonyl (C=O) groups is 1. The van der Waals surface area contributed by atoms with Crippen molar-refractivity contribution in [3.05, 3.63) is 65.7 Å². The summed E-state index contributed by atoms with van der Waals surface area (Å²) in [5.74, 6) is 0.602. The van der Waals surface area contributed by atoms with E-state index in [1.54, 1.807) is 19.2 Å². The molecule has 0 aliphatic heterocycles. The summed E-state index contributed by atoms with van der Waals surface area (Å²) in [5.41, 5.74) is 1.60.